The van der Waals surface area contributed by atoms with E-state index in [0.29, 0.717) is 19.3 Å². The highest BCUT2D eigenvalue weighted by atomic mass is 16.5. The van der Waals surface area contributed by atoms with Gasteiger partial charge in [0.15, 0.2) is 0 Å². The van der Waals surface area contributed by atoms with Crippen molar-refractivity contribution in [3.05, 3.63) is 60.8 Å². The molecule has 0 aromatic carbocycles. The molecule has 0 heterocycles. The van der Waals surface area contributed by atoms with Gasteiger partial charge in [-0.1, -0.05) is 248 Å². The van der Waals surface area contributed by atoms with Gasteiger partial charge in [-0.3, -0.25) is 9.59 Å². The highest BCUT2D eigenvalue weighted by molar-refractivity contribution is 5.77. The molecule has 0 rings (SSSR count). The monoisotopic (exact) mass is 882 g/mol. The number of nitrogens with one attached hydrogen (secondary N) is 1. The zero-order valence-electron chi connectivity index (χ0n) is 41.7. The minimum absolute atomic E-state index is 0.0396. The van der Waals surface area contributed by atoms with E-state index in [4.69, 9.17) is 4.74 Å². The molecule has 0 saturated carbocycles. The van der Waals surface area contributed by atoms with Crippen LogP contribution < -0.4 is 5.32 Å². The van der Waals surface area contributed by atoms with Gasteiger partial charge in [0, 0.05) is 6.42 Å². The summed E-state index contributed by atoms with van der Waals surface area (Å²) in [5.41, 5.74) is 0. The molecule has 0 radical (unpaired) electrons. The lowest BCUT2D eigenvalue weighted by Gasteiger charge is -2.24. The van der Waals surface area contributed by atoms with Crippen molar-refractivity contribution in [2.45, 2.75) is 283 Å². The highest BCUT2D eigenvalue weighted by Crippen LogP contribution is 2.17. The number of hydrogen-bond donors (Lipinski definition) is 3. The largest absolute Gasteiger partial charge is 0.462 e. The van der Waals surface area contributed by atoms with Crippen molar-refractivity contribution in [2.75, 3.05) is 6.61 Å². The van der Waals surface area contributed by atoms with E-state index in [9.17, 15) is 19.8 Å². The number of amides is 1. The van der Waals surface area contributed by atoms with E-state index < -0.39 is 18.2 Å². The summed E-state index contributed by atoms with van der Waals surface area (Å²) in [5.74, 6) is -0.523. The second kappa shape index (κ2) is 50.6. The summed E-state index contributed by atoms with van der Waals surface area (Å²) >= 11 is 0. The Bertz CT molecular complexity index is 1130. The van der Waals surface area contributed by atoms with Crippen LogP contribution in [-0.2, 0) is 14.3 Å². The molecule has 0 bridgehead atoms. The molecule has 0 aliphatic carbocycles. The number of rotatable bonds is 48. The maximum absolute atomic E-state index is 13.2. The molecular formula is C57H103NO5. The number of hydrogen-bond acceptors (Lipinski definition) is 5. The van der Waals surface area contributed by atoms with Gasteiger partial charge in [-0.2, -0.15) is 0 Å². The molecule has 3 unspecified atom stereocenters. The second-order valence-corrected chi connectivity index (χ2v) is 18.3. The quantitative estimate of drug-likeness (QED) is 0.0321. The minimum Gasteiger partial charge on any atom is -0.462 e. The maximum atomic E-state index is 13.2. The normalized spacial score (nSPS) is 13.7. The first kappa shape index (κ1) is 60.6. The summed E-state index contributed by atoms with van der Waals surface area (Å²) < 4.78 is 5.92. The van der Waals surface area contributed by atoms with Gasteiger partial charge >= 0.3 is 5.97 Å². The molecule has 0 saturated heterocycles. The molecule has 1 amide bonds. The van der Waals surface area contributed by atoms with Crippen LogP contribution in [-0.4, -0.2) is 46.9 Å². The van der Waals surface area contributed by atoms with Gasteiger partial charge in [-0.15, -0.1) is 0 Å². The number of aliphatic hydroxyl groups excluding tert-OH is 2. The summed E-state index contributed by atoms with van der Waals surface area (Å²) in [5, 5.41) is 23.7. The summed E-state index contributed by atoms with van der Waals surface area (Å²) in [7, 11) is 0. The Morgan fingerprint density at radius 3 is 1.27 bits per heavy atom. The lowest BCUT2D eigenvalue weighted by Crippen LogP contribution is -2.46. The Balaban J connectivity index is 4.65. The van der Waals surface area contributed by atoms with E-state index in [0.717, 1.165) is 83.5 Å². The average Bonchev–Trinajstić information content (AvgIpc) is 3.28. The van der Waals surface area contributed by atoms with Crippen LogP contribution in [0.3, 0.4) is 0 Å². The van der Waals surface area contributed by atoms with Crippen molar-refractivity contribution in [3.63, 3.8) is 0 Å². The Kier molecular flexibility index (Phi) is 48.6. The zero-order valence-corrected chi connectivity index (χ0v) is 41.7. The molecule has 0 spiro atoms. The molecule has 3 N–H and O–H groups in total. The van der Waals surface area contributed by atoms with Crippen LogP contribution in [0.2, 0.25) is 0 Å². The Labute approximate surface area is 390 Å². The lowest BCUT2D eigenvalue weighted by molar-refractivity contribution is -0.151. The first-order valence-corrected chi connectivity index (χ1v) is 27.0. The summed E-state index contributed by atoms with van der Waals surface area (Å²) in [4.78, 5) is 26.2. The van der Waals surface area contributed by atoms with E-state index in [2.05, 4.69) is 86.8 Å². The highest BCUT2D eigenvalue weighted by Gasteiger charge is 2.24. The SMILES string of the molecule is CC/C=C\C/C=C\C/C=C\C/C=C\C/C=C\CCCC(CC(=O)NC(CO)C(O)CCCCCCCCCCCC)OC(=O)CCCCCCCCCCCCCCCCCCC. The Hall–Kier alpha value is -2.44. The number of unbranched alkanes of at least 4 members (excludes halogenated alkanes) is 26. The van der Waals surface area contributed by atoms with Crippen molar-refractivity contribution in [1.82, 2.24) is 5.32 Å². The van der Waals surface area contributed by atoms with E-state index in [-0.39, 0.29) is 24.9 Å². The molecule has 6 heteroatoms. The number of aliphatic hydroxyl groups is 2. The molecule has 0 fully saturated rings. The third-order valence-electron chi connectivity index (χ3n) is 12.1. The van der Waals surface area contributed by atoms with Gasteiger partial charge in [-0.25, -0.2) is 0 Å². The molecule has 0 aromatic heterocycles. The molecular weight excluding hydrogens is 779 g/mol. The van der Waals surface area contributed by atoms with Crippen molar-refractivity contribution in [3.8, 4) is 0 Å². The Morgan fingerprint density at radius 2 is 0.857 bits per heavy atom. The fourth-order valence-electron chi connectivity index (χ4n) is 8.05. The zero-order chi connectivity index (χ0) is 45.9. The first-order chi connectivity index (χ1) is 31.0. The van der Waals surface area contributed by atoms with Gasteiger partial charge < -0.3 is 20.3 Å². The summed E-state index contributed by atoms with van der Waals surface area (Å²) in [6.07, 6.45) is 62.9. The summed E-state index contributed by atoms with van der Waals surface area (Å²) in [6.45, 7) is 6.36. The average molecular weight is 882 g/mol. The van der Waals surface area contributed by atoms with Crippen LogP contribution in [0.25, 0.3) is 0 Å². The van der Waals surface area contributed by atoms with E-state index in [1.165, 1.54) is 135 Å². The second-order valence-electron chi connectivity index (χ2n) is 18.3. The molecule has 0 aliphatic heterocycles. The number of carbonyl (C=O) groups excluding carboxylic acids is 2. The van der Waals surface area contributed by atoms with Crippen molar-refractivity contribution < 1.29 is 24.5 Å². The summed E-state index contributed by atoms with van der Waals surface area (Å²) in [6, 6.07) is -0.719. The van der Waals surface area contributed by atoms with E-state index in [1.54, 1.807) is 0 Å². The fourth-order valence-corrected chi connectivity index (χ4v) is 8.05. The van der Waals surface area contributed by atoms with Gasteiger partial charge in [0.05, 0.1) is 25.2 Å². The van der Waals surface area contributed by atoms with Gasteiger partial charge in [0.2, 0.25) is 5.91 Å². The molecule has 0 aliphatic rings. The molecule has 3 atom stereocenters. The van der Waals surface area contributed by atoms with Crippen LogP contribution in [0.15, 0.2) is 60.8 Å². The molecule has 6 nitrogen and oxygen atoms in total. The number of esters is 1. The third-order valence-corrected chi connectivity index (χ3v) is 12.1. The van der Waals surface area contributed by atoms with Crippen LogP contribution in [0.4, 0.5) is 0 Å². The topological polar surface area (TPSA) is 95.9 Å². The number of ether oxygens (including phenoxy) is 1. The fraction of sp³-hybridized carbons (Fsp3) is 0.789. The molecule has 0 aromatic rings. The maximum Gasteiger partial charge on any atom is 0.306 e. The molecule has 366 valence electrons. The van der Waals surface area contributed by atoms with Crippen LogP contribution >= 0.6 is 0 Å². The van der Waals surface area contributed by atoms with Crippen LogP contribution in [0.5, 0.6) is 0 Å². The van der Waals surface area contributed by atoms with Crippen molar-refractivity contribution in [2.24, 2.45) is 0 Å². The van der Waals surface area contributed by atoms with E-state index in [1.807, 2.05) is 0 Å². The predicted molar refractivity (Wildman–Crippen MR) is 273 cm³/mol. The van der Waals surface area contributed by atoms with Crippen LogP contribution in [0.1, 0.15) is 265 Å². The number of carbonyl (C=O) groups is 2. The van der Waals surface area contributed by atoms with Gasteiger partial charge in [0.25, 0.3) is 0 Å². The van der Waals surface area contributed by atoms with Gasteiger partial charge in [-0.05, 0) is 64.2 Å². The van der Waals surface area contributed by atoms with Crippen molar-refractivity contribution >= 4 is 11.9 Å². The first-order valence-electron chi connectivity index (χ1n) is 27.0. The lowest BCUT2D eigenvalue weighted by atomic mass is 10.0. The third kappa shape index (κ3) is 45.9. The minimum atomic E-state index is -0.802. The van der Waals surface area contributed by atoms with Crippen molar-refractivity contribution in [1.29, 1.82) is 0 Å². The van der Waals surface area contributed by atoms with Crippen LogP contribution in [0, 0.1) is 0 Å². The van der Waals surface area contributed by atoms with Gasteiger partial charge in [0.1, 0.15) is 6.10 Å². The standard InChI is InChI=1S/C57H103NO5/c1-4-7-10-13-16-19-22-24-26-28-30-32-34-36-39-42-45-48-53(51-56(61)58-54(52-59)55(60)49-46-43-40-37-21-18-15-12-9-6-3)63-57(62)50-47-44-41-38-35-33-31-29-27-25-23-20-17-14-11-8-5-2/h7,10,16,19,24,26,30,32,36,39,53-55,59-60H,4-6,8-9,11-15,17-18,20-23,25,27-29,31,33-35,37-38,40-52H2,1-3H3,(H,58,61)/b10-7-,19-16-,26-24-,32-30-,39-36-. The predicted octanol–water partition coefficient (Wildman–Crippen LogP) is 16.4. The van der Waals surface area contributed by atoms with E-state index >= 15 is 0 Å². The smallest absolute Gasteiger partial charge is 0.306 e. The molecule has 63 heavy (non-hydrogen) atoms. The number of allylic oxidation sites excluding steroid dienone is 10. The Morgan fingerprint density at radius 1 is 0.476 bits per heavy atom.